The summed E-state index contributed by atoms with van der Waals surface area (Å²) in [5.41, 5.74) is 0.548. The molecule has 0 aliphatic rings. The van der Waals surface area contributed by atoms with Crippen LogP contribution in [-0.4, -0.2) is 16.0 Å². The molecule has 1 N–H and O–H groups in total. The number of benzene rings is 1. The van der Waals surface area contributed by atoms with Gasteiger partial charge in [-0.3, -0.25) is 9.89 Å². The molecule has 0 fully saturated rings. The fourth-order valence-corrected chi connectivity index (χ4v) is 1.60. The molecule has 0 saturated heterocycles. The largest absolute Gasteiger partial charge is 0.416 e. The third kappa shape index (κ3) is 2.27. The molecule has 94 valence electrons. The van der Waals surface area contributed by atoms with Crippen LogP contribution in [0.25, 0.3) is 11.3 Å². The van der Waals surface area contributed by atoms with Crippen molar-refractivity contribution in [3.63, 3.8) is 0 Å². The number of ketones is 1. The van der Waals surface area contributed by atoms with Crippen LogP contribution in [-0.2, 0) is 6.18 Å². The second kappa shape index (κ2) is 4.29. The van der Waals surface area contributed by atoms with Crippen LogP contribution in [0.15, 0.2) is 30.5 Å². The van der Waals surface area contributed by atoms with Crippen LogP contribution in [0.1, 0.15) is 22.8 Å². The Morgan fingerprint density at radius 2 is 1.83 bits per heavy atom. The van der Waals surface area contributed by atoms with E-state index in [1.807, 2.05) is 0 Å². The van der Waals surface area contributed by atoms with E-state index in [0.717, 1.165) is 12.1 Å². The van der Waals surface area contributed by atoms with Gasteiger partial charge in [0, 0.05) is 5.56 Å². The van der Waals surface area contributed by atoms with Gasteiger partial charge in [0.15, 0.2) is 5.78 Å². The Balaban J connectivity index is 2.41. The lowest BCUT2D eigenvalue weighted by atomic mass is 10.0. The topological polar surface area (TPSA) is 45.8 Å². The van der Waals surface area contributed by atoms with Gasteiger partial charge in [-0.25, -0.2) is 0 Å². The number of hydrogen-bond acceptors (Lipinski definition) is 2. The van der Waals surface area contributed by atoms with Gasteiger partial charge < -0.3 is 0 Å². The number of rotatable bonds is 2. The molecule has 0 unspecified atom stereocenters. The second-order valence-electron chi connectivity index (χ2n) is 3.79. The summed E-state index contributed by atoms with van der Waals surface area (Å²) in [5, 5.41) is 6.33. The van der Waals surface area contributed by atoms with Crippen molar-refractivity contribution in [3.8, 4) is 11.3 Å². The maximum Gasteiger partial charge on any atom is 0.416 e. The summed E-state index contributed by atoms with van der Waals surface area (Å²) in [6, 6.07) is 4.56. The molecule has 1 heterocycles. The van der Waals surface area contributed by atoms with Crippen molar-refractivity contribution in [2.75, 3.05) is 0 Å². The molecule has 0 radical (unpaired) electrons. The SMILES string of the molecule is CC(=O)c1cn[nH]c1-c1ccc(C(F)(F)F)cc1. The number of nitrogens with zero attached hydrogens (tertiary/aromatic N) is 1. The average Bonchev–Trinajstić information content (AvgIpc) is 2.77. The van der Waals surface area contributed by atoms with Gasteiger partial charge in [0.1, 0.15) is 0 Å². The standard InChI is InChI=1S/C12H9F3N2O/c1-7(18)10-6-16-17-11(10)8-2-4-9(5-3-8)12(13,14)15/h2-6H,1H3,(H,16,17). The predicted molar refractivity (Wildman–Crippen MR) is 59.0 cm³/mol. The summed E-state index contributed by atoms with van der Waals surface area (Å²) in [7, 11) is 0. The van der Waals surface area contributed by atoms with Gasteiger partial charge in [-0.1, -0.05) is 12.1 Å². The van der Waals surface area contributed by atoms with E-state index in [2.05, 4.69) is 10.2 Å². The van der Waals surface area contributed by atoms with Crippen molar-refractivity contribution in [1.82, 2.24) is 10.2 Å². The van der Waals surface area contributed by atoms with E-state index in [-0.39, 0.29) is 5.78 Å². The number of carbonyl (C=O) groups is 1. The smallest absolute Gasteiger partial charge is 0.294 e. The number of hydrogen-bond donors (Lipinski definition) is 1. The Bertz CT molecular complexity index is 570. The van der Waals surface area contributed by atoms with Crippen LogP contribution >= 0.6 is 0 Å². The molecule has 0 aliphatic carbocycles. The highest BCUT2D eigenvalue weighted by molar-refractivity contribution is 5.99. The van der Waals surface area contributed by atoms with E-state index in [9.17, 15) is 18.0 Å². The highest BCUT2D eigenvalue weighted by atomic mass is 19.4. The highest BCUT2D eigenvalue weighted by Gasteiger charge is 2.30. The first kappa shape index (κ1) is 12.3. The van der Waals surface area contributed by atoms with E-state index in [4.69, 9.17) is 0 Å². The molecular formula is C12H9F3N2O. The lowest BCUT2D eigenvalue weighted by Gasteiger charge is -2.07. The molecule has 0 aliphatic heterocycles. The minimum absolute atomic E-state index is 0.196. The van der Waals surface area contributed by atoms with E-state index < -0.39 is 11.7 Å². The van der Waals surface area contributed by atoms with Crippen molar-refractivity contribution in [2.24, 2.45) is 0 Å². The zero-order valence-electron chi connectivity index (χ0n) is 9.38. The minimum atomic E-state index is -4.37. The molecule has 0 spiro atoms. The van der Waals surface area contributed by atoms with Crippen LogP contribution in [0.2, 0.25) is 0 Å². The molecule has 2 rings (SSSR count). The van der Waals surface area contributed by atoms with Crippen molar-refractivity contribution in [3.05, 3.63) is 41.6 Å². The summed E-state index contributed by atoms with van der Waals surface area (Å²) in [4.78, 5) is 11.3. The minimum Gasteiger partial charge on any atom is -0.294 e. The lowest BCUT2D eigenvalue weighted by Crippen LogP contribution is -2.04. The Kier molecular flexibility index (Phi) is 2.94. The van der Waals surface area contributed by atoms with Crippen molar-refractivity contribution >= 4 is 5.78 Å². The zero-order chi connectivity index (χ0) is 13.3. The van der Waals surface area contributed by atoms with Crippen LogP contribution in [0.5, 0.6) is 0 Å². The molecule has 0 amide bonds. The summed E-state index contributed by atoms with van der Waals surface area (Å²) in [6.45, 7) is 1.37. The third-order valence-corrected chi connectivity index (χ3v) is 2.52. The van der Waals surface area contributed by atoms with Gasteiger partial charge >= 0.3 is 6.18 Å². The van der Waals surface area contributed by atoms with Crippen LogP contribution in [0.3, 0.4) is 0 Å². The molecule has 1 aromatic carbocycles. The lowest BCUT2D eigenvalue weighted by molar-refractivity contribution is -0.137. The van der Waals surface area contributed by atoms with E-state index in [1.54, 1.807) is 0 Å². The number of alkyl halides is 3. The van der Waals surface area contributed by atoms with E-state index in [0.29, 0.717) is 16.8 Å². The number of H-pyrrole nitrogens is 1. The number of carbonyl (C=O) groups excluding carboxylic acids is 1. The molecule has 0 atom stereocenters. The summed E-state index contributed by atoms with van der Waals surface area (Å²) in [5.74, 6) is -0.196. The molecule has 18 heavy (non-hydrogen) atoms. The van der Waals surface area contributed by atoms with Gasteiger partial charge in [-0.05, 0) is 19.1 Å². The molecular weight excluding hydrogens is 245 g/mol. The first-order chi connectivity index (χ1) is 8.39. The van der Waals surface area contributed by atoms with Gasteiger partial charge in [-0.15, -0.1) is 0 Å². The average molecular weight is 254 g/mol. The number of halogens is 3. The fraction of sp³-hybridized carbons (Fsp3) is 0.167. The Hall–Kier alpha value is -2.11. The van der Waals surface area contributed by atoms with Gasteiger partial charge in [-0.2, -0.15) is 18.3 Å². The molecule has 0 bridgehead atoms. The highest BCUT2D eigenvalue weighted by Crippen LogP contribution is 2.31. The van der Waals surface area contributed by atoms with Crippen LogP contribution in [0.4, 0.5) is 13.2 Å². The first-order valence-corrected chi connectivity index (χ1v) is 5.11. The van der Waals surface area contributed by atoms with Crippen molar-refractivity contribution < 1.29 is 18.0 Å². The summed E-state index contributed by atoms with van der Waals surface area (Å²) < 4.78 is 37.2. The second-order valence-corrected chi connectivity index (χ2v) is 3.79. The summed E-state index contributed by atoms with van der Waals surface area (Å²) >= 11 is 0. The maximum atomic E-state index is 12.4. The Morgan fingerprint density at radius 1 is 1.22 bits per heavy atom. The number of Topliss-reactive ketones (excluding diaryl/α,β-unsaturated/α-hetero) is 1. The molecule has 0 saturated carbocycles. The van der Waals surface area contributed by atoms with Crippen LogP contribution in [0, 0.1) is 0 Å². The van der Waals surface area contributed by atoms with Crippen molar-refractivity contribution in [2.45, 2.75) is 13.1 Å². The van der Waals surface area contributed by atoms with Gasteiger partial charge in [0.25, 0.3) is 0 Å². The van der Waals surface area contributed by atoms with E-state index >= 15 is 0 Å². The molecule has 3 nitrogen and oxygen atoms in total. The molecule has 2 aromatic rings. The van der Waals surface area contributed by atoms with Crippen LogP contribution < -0.4 is 0 Å². The van der Waals surface area contributed by atoms with E-state index in [1.165, 1.54) is 25.3 Å². The van der Waals surface area contributed by atoms with Gasteiger partial charge in [0.2, 0.25) is 0 Å². The zero-order valence-corrected chi connectivity index (χ0v) is 9.38. The quantitative estimate of drug-likeness (QED) is 0.836. The Morgan fingerprint density at radius 3 is 2.33 bits per heavy atom. The van der Waals surface area contributed by atoms with Crippen molar-refractivity contribution in [1.29, 1.82) is 0 Å². The third-order valence-electron chi connectivity index (χ3n) is 2.52. The number of aromatic nitrogens is 2. The normalized spacial score (nSPS) is 11.6. The number of aromatic amines is 1. The van der Waals surface area contributed by atoms with Gasteiger partial charge in [0.05, 0.1) is 23.0 Å². The maximum absolute atomic E-state index is 12.4. The first-order valence-electron chi connectivity index (χ1n) is 5.11. The number of nitrogens with one attached hydrogen (secondary N) is 1. The molecule has 1 aromatic heterocycles. The monoisotopic (exact) mass is 254 g/mol. The summed E-state index contributed by atoms with van der Waals surface area (Å²) in [6.07, 6.45) is -3.01. The molecule has 6 heteroatoms. The Labute approximate surface area is 101 Å². The fourth-order valence-electron chi connectivity index (χ4n) is 1.60. The predicted octanol–water partition coefficient (Wildman–Crippen LogP) is 3.30.